The van der Waals surface area contributed by atoms with Gasteiger partial charge in [-0.15, -0.1) is 0 Å². The van der Waals surface area contributed by atoms with Gasteiger partial charge in [0.15, 0.2) is 0 Å². The zero-order valence-electron chi connectivity index (χ0n) is 16.3. The van der Waals surface area contributed by atoms with Crippen LogP contribution in [-0.4, -0.2) is 60.1 Å². The maximum absolute atomic E-state index is 12.7. The number of ether oxygens (including phenoxy) is 1. The number of carbonyl (C=O) groups excluding carboxylic acids is 1. The van der Waals surface area contributed by atoms with Crippen molar-refractivity contribution in [3.05, 3.63) is 36.0 Å². The van der Waals surface area contributed by atoms with E-state index in [1.807, 2.05) is 4.90 Å². The Bertz CT molecular complexity index is 766. The summed E-state index contributed by atoms with van der Waals surface area (Å²) in [6.45, 7) is 8.33. The molecule has 4 rings (SSSR count). The topological polar surface area (TPSA) is 48.6 Å². The third-order valence-electron chi connectivity index (χ3n) is 6.37. The van der Waals surface area contributed by atoms with Gasteiger partial charge in [-0.05, 0) is 36.4 Å². The molecule has 0 aliphatic carbocycles. The highest BCUT2D eigenvalue weighted by Gasteiger charge is 2.31. The van der Waals surface area contributed by atoms with Gasteiger partial charge in [-0.25, -0.2) is 0 Å². The van der Waals surface area contributed by atoms with E-state index in [-0.39, 0.29) is 0 Å². The van der Waals surface area contributed by atoms with Gasteiger partial charge in [-0.1, -0.05) is 31.5 Å². The van der Waals surface area contributed by atoms with Crippen molar-refractivity contribution in [2.24, 2.45) is 11.8 Å². The Labute approximate surface area is 161 Å². The van der Waals surface area contributed by atoms with Gasteiger partial charge in [0.2, 0.25) is 5.91 Å². The van der Waals surface area contributed by atoms with E-state index in [1.165, 1.54) is 16.5 Å². The number of nitrogens with one attached hydrogen (secondary N) is 1. The van der Waals surface area contributed by atoms with Crippen molar-refractivity contribution in [3.8, 4) is 0 Å². The highest BCUT2D eigenvalue weighted by molar-refractivity contribution is 5.83. The second-order valence-electron chi connectivity index (χ2n) is 8.01. The van der Waals surface area contributed by atoms with Crippen LogP contribution < -0.4 is 0 Å². The first-order valence-corrected chi connectivity index (χ1v) is 10.4. The van der Waals surface area contributed by atoms with E-state index in [4.69, 9.17) is 4.74 Å². The van der Waals surface area contributed by atoms with Gasteiger partial charge in [0.1, 0.15) is 0 Å². The molecule has 0 saturated carbocycles. The van der Waals surface area contributed by atoms with Crippen LogP contribution in [0.5, 0.6) is 0 Å². The molecule has 0 unspecified atom stereocenters. The number of hydrogen-bond donors (Lipinski definition) is 1. The minimum absolute atomic E-state index is 0.326. The molecule has 27 heavy (non-hydrogen) atoms. The number of aromatic amines is 1. The first kappa shape index (κ1) is 18.5. The standard InChI is InChI=1S/C22H31N3O2/c1-2-17-15-24(16-19-14-23-21-6-4-3-5-20(19)21)8-7-18(17)13-22(26)25-9-11-27-12-10-25/h3-6,14,17-18,23H,2,7-13,15-16H2,1H3/t17-,18-/m0/s1. The maximum Gasteiger partial charge on any atom is 0.223 e. The number of benzene rings is 1. The minimum atomic E-state index is 0.326. The molecule has 5 nitrogen and oxygen atoms in total. The van der Waals surface area contributed by atoms with Gasteiger partial charge in [-0.3, -0.25) is 9.69 Å². The van der Waals surface area contributed by atoms with Crippen LogP contribution in [0.2, 0.25) is 0 Å². The molecule has 2 fully saturated rings. The van der Waals surface area contributed by atoms with Gasteiger partial charge in [-0.2, -0.15) is 0 Å². The summed E-state index contributed by atoms with van der Waals surface area (Å²) in [7, 11) is 0. The number of carbonyl (C=O) groups is 1. The number of morpholine rings is 1. The third-order valence-corrected chi connectivity index (χ3v) is 6.37. The van der Waals surface area contributed by atoms with Crippen molar-refractivity contribution in [1.82, 2.24) is 14.8 Å². The van der Waals surface area contributed by atoms with E-state index >= 15 is 0 Å². The molecule has 2 atom stereocenters. The Morgan fingerprint density at radius 3 is 2.81 bits per heavy atom. The third kappa shape index (κ3) is 4.19. The quantitative estimate of drug-likeness (QED) is 0.880. The summed E-state index contributed by atoms with van der Waals surface area (Å²) in [5.41, 5.74) is 2.59. The number of nitrogens with zero attached hydrogens (tertiary/aromatic N) is 2. The Kier molecular flexibility index (Phi) is 5.79. The lowest BCUT2D eigenvalue weighted by Crippen LogP contribution is -2.44. The van der Waals surface area contributed by atoms with E-state index in [9.17, 15) is 4.79 Å². The highest BCUT2D eigenvalue weighted by atomic mass is 16.5. The van der Waals surface area contributed by atoms with E-state index < -0.39 is 0 Å². The molecule has 2 aromatic rings. The summed E-state index contributed by atoms with van der Waals surface area (Å²) in [6.07, 6.45) is 5.13. The van der Waals surface area contributed by atoms with Crippen LogP contribution in [0.3, 0.4) is 0 Å². The van der Waals surface area contributed by atoms with Gasteiger partial charge < -0.3 is 14.6 Å². The zero-order chi connectivity index (χ0) is 18.6. The van der Waals surface area contributed by atoms with Crippen LogP contribution in [0.15, 0.2) is 30.5 Å². The normalized spacial score (nSPS) is 24.4. The molecule has 0 bridgehead atoms. The molecule has 2 aliphatic rings. The number of likely N-dealkylation sites (tertiary alicyclic amines) is 1. The largest absolute Gasteiger partial charge is 0.378 e. The average molecular weight is 370 g/mol. The number of aromatic nitrogens is 1. The molecule has 146 valence electrons. The minimum Gasteiger partial charge on any atom is -0.378 e. The van der Waals surface area contributed by atoms with Crippen LogP contribution in [-0.2, 0) is 16.1 Å². The summed E-state index contributed by atoms with van der Waals surface area (Å²) >= 11 is 0. The molecule has 5 heteroatoms. The number of hydrogen-bond acceptors (Lipinski definition) is 3. The van der Waals surface area contributed by atoms with E-state index in [0.29, 0.717) is 37.4 Å². The average Bonchev–Trinajstić information content (AvgIpc) is 3.12. The highest BCUT2D eigenvalue weighted by Crippen LogP contribution is 2.31. The second-order valence-corrected chi connectivity index (χ2v) is 8.01. The molecule has 1 aromatic carbocycles. The molecule has 2 saturated heterocycles. The predicted octanol–water partition coefficient (Wildman–Crippen LogP) is 3.26. The summed E-state index contributed by atoms with van der Waals surface area (Å²) < 4.78 is 5.37. The molecule has 0 radical (unpaired) electrons. The predicted molar refractivity (Wildman–Crippen MR) is 107 cm³/mol. The van der Waals surface area contributed by atoms with Gasteiger partial charge in [0.25, 0.3) is 0 Å². The number of piperidine rings is 1. The first-order chi connectivity index (χ1) is 13.2. The lowest BCUT2D eigenvalue weighted by Gasteiger charge is -2.39. The van der Waals surface area contributed by atoms with Crippen LogP contribution in [0.25, 0.3) is 10.9 Å². The molecule has 0 spiro atoms. The Morgan fingerprint density at radius 1 is 1.19 bits per heavy atom. The Hall–Kier alpha value is -1.85. The first-order valence-electron chi connectivity index (χ1n) is 10.4. The molecule has 1 N–H and O–H groups in total. The number of fused-ring (bicyclic) bond motifs is 1. The van der Waals surface area contributed by atoms with E-state index in [2.05, 4.69) is 47.3 Å². The Balaban J connectivity index is 1.35. The van der Waals surface area contributed by atoms with Gasteiger partial charge >= 0.3 is 0 Å². The van der Waals surface area contributed by atoms with Gasteiger partial charge in [0, 0.05) is 49.7 Å². The smallest absolute Gasteiger partial charge is 0.223 e. The maximum atomic E-state index is 12.7. The van der Waals surface area contributed by atoms with E-state index in [1.54, 1.807) is 0 Å². The van der Waals surface area contributed by atoms with Crippen LogP contribution in [0.1, 0.15) is 31.7 Å². The van der Waals surface area contributed by atoms with Crippen molar-refractivity contribution in [3.63, 3.8) is 0 Å². The van der Waals surface area contributed by atoms with Crippen molar-refractivity contribution < 1.29 is 9.53 Å². The fraction of sp³-hybridized carbons (Fsp3) is 0.591. The van der Waals surface area contributed by atoms with Gasteiger partial charge in [0.05, 0.1) is 13.2 Å². The molecule has 1 aromatic heterocycles. The lowest BCUT2D eigenvalue weighted by molar-refractivity contribution is -0.137. The second kappa shape index (κ2) is 8.44. The molecule has 2 aliphatic heterocycles. The molecular formula is C22H31N3O2. The molecule has 3 heterocycles. The fourth-order valence-electron chi connectivity index (χ4n) is 4.70. The van der Waals surface area contributed by atoms with Crippen LogP contribution in [0.4, 0.5) is 0 Å². The summed E-state index contributed by atoms with van der Waals surface area (Å²) in [4.78, 5) is 20.6. The lowest BCUT2D eigenvalue weighted by atomic mass is 9.81. The zero-order valence-corrected chi connectivity index (χ0v) is 16.3. The summed E-state index contributed by atoms with van der Waals surface area (Å²) in [5, 5.41) is 1.33. The van der Waals surface area contributed by atoms with Crippen molar-refractivity contribution in [1.29, 1.82) is 0 Å². The number of amides is 1. The Morgan fingerprint density at radius 2 is 2.00 bits per heavy atom. The van der Waals surface area contributed by atoms with Crippen LogP contribution in [0, 0.1) is 11.8 Å². The SMILES string of the molecule is CC[C@H]1CN(Cc2c[nH]c3ccccc23)CC[C@H]1CC(=O)N1CCOCC1. The number of H-pyrrole nitrogens is 1. The number of rotatable bonds is 5. The summed E-state index contributed by atoms with van der Waals surface area (Å²) in [5.74, 6) is 1.45. The monoisotopic (exact) mass is 369 g/mol. The van der Waals surface area contributed by atoms with Crippen molar-refractivity contribution >= 4 is 16.8 Å². The number of para-hydroxylation sites is 1. The van der Waals surface area contributed by atoms with Crippen molar-refractivity contribution in [2.75, 3.05) is 39.4 Å². The summed E-state index contributed by atoms with van der Waals surface area (Å²) in [6, 6.07) is 8.52. The van der Waals surface area contributed by atoms with Crippen molar-refractivity contribution in [2.45, 2.75) is 32.7 Å². The molecule has 1 amide bonds. The van der Waals surface area contributed by atoms with Crippen LogP contribution >= 0.6 is 0 Å². The fourth-order valence-corrected chi connectivity index (χ4v) is 4.70. The van der Waals surface area contributed by atoms with E-state index in [0.717, 1.165) is 45.6 Å². The molecular weight excluding hydrogens is 338 g/mol.